The Hall–Kier alpha value is -2.34. The van der Waals surface area contributed by atoms with Crippen molar-refractivity contribution in [1.29, 1.82) is 0 Å². The van der Waals surface area contributed by atoms with Crippen molar-refractivity contribution < 1.29 is 9.15 Å². The third-order valence-corrected chi connectivity index (χ3v) is 4.00. The Kier molecular flexibility index (Phi) is 4.62. The average Bonchev–Trinajstić information content (AvgIpc) is 3.09. The zero-order valence-corrected chi connectivity index (χ0v) is 13.9. The second kappa shape index (κ2) is 6.83. The van der Waals surface area contributed by atoms with Crippen LogP contribution in [0.25, 0.3) is 0 Å². The molecule has 0 spiro atoms. The molecule has 1 saturated carbocycles. The predicted molar refractivity (Wildman–Crippen MR) is 95.2 cm³/mol. The Balaban J connectivity index is 1.51. The minimum absolute atomic E-state index is 0.400. The smallest absolute Gasteiger partial charge is 0.191 e. The molecule has 6 heteroatoms. The van der Waals surface area contributed by atoms with Gasteiger partial charge in [-0.15, -0.1) is 0 Å². The van der Waals surface area contributed by atoms with Crippen LogP contribution in [0.1, 0.15) is 30.8 Å². The third-order valence-electron chi connectivity index (χ3n) is 3.81. The van der Waals surface area contributed by atoms with Crippen molar-refractivity contribution in [1.82, 2.24) is 5.43 Å². The minimum atomic E-state index is 0.400. The lowest BCUT2D eigenvalue weighted by molar-refractivity contribution is 0.415. The summed E-state index contributed by atoms with van der Waals surface area (Å²) < 4.78 is 10.9. The summed E-state index contributed by atoms with van der Waals surface area (Å²) >= 11 is 5.20. The van der Waals surface area contributed by atoms with E-state index in [1.54, 1.807) is 13.3 Å². The van der Waals surface area contributed by atoms with E-state index in [0.29, 0.717) is 11.0 Å². The van der Waals surface area contributed by atoms with Gasteiger partial charge in [-0.25, -0.2) is 0 Å². The topological polar surface area (TPSA) is 58.8 Å². The van der Waals surface area contributed by atoms with Gasteiger partial charge in [-0.1, -0.05) is 13.0 Å². The molecule has 1 aliphatic carbocycles. The predicted octanol–water partition coefficient (Wildman–Crippen LogP) is 3.73. The number of nitrogens with one attached hydrogen (secondary N) is 2. The average molecular weight is 329 g/mol. The summed E-state index contributed by atoms with van der Waals surface area (Å²) in [5, 5.41) is 7.53. The van der Waals surface area contributed by atoms with E-state index >= 15 is 0 Å². The van der Waals surface area contributed by atoms with Crippen LogP contribution in [-0.4, -0.2) is 18.4 Å². The molecule has 1 aromatic carbocycles. The van der Waals surface area contributed by atoms with Gasteiger partial charge in [-0.3, -0.25) is 5.43 Å². The molecule has 3 rings (SSSR count). The molecule has 2 aromatic rings. The van der Waals surface area contributed by atoms with Crippen molar-refractivity contribution in [3.05, 3.63) is 47.9 Å². The minimum Gasteiger partial charge on any atom is -0.497 e. The van der Waals surface area contributed by atoms with E-state index in [9.17, 15) is 0 Å². The fourth-order valence-corrected chi connectivity index (χ4v) is 2.54. The molecule has 2 atom stereocenters. The van der Waals surface area contributed by atoms with Crippen LogP contribution in [-0.2, 0) is 0 Å². The molecule has 120 valence electrons. The molecule has 5 nitrogen and oxygen atoms in total. The zero-order valence-electron chi connectivity index (χ0n) is 13.1. The van der Waals surface area contributed by atoms with Gasteiger partial charge in [0.15, 0.2) is 5.11 Å². The van der Waals surface area contributed by atoms with Crippen molar-refractivity contribution in [2.24, 2.45) is 11.0 Å². The highest BCUT2D eigenvalue weighted by Gasteiger charge is 2.36. The van der Waals surface area contributed by atoms with Gasteiger partial charge in [-0.2, -0.15) is 5.10 Å². The molecule has 1 aliphatic rings. The summed E-state index contributed by atoms with van der Waals surface area (Å²) in [4.78, 5) is 0. The molecule has 1 aromatic heterocycles. The van der Waals surface area contributed by atoms with Gasteiger partial charge in [0.1, 0.15) is 17.3 Å². The van der Waals surface area contributed by atoms with Crippen LogP contribution in [0.4, 0.5) is 5.69 Å². The summed E-state index contributed by atoms with van der Waals surface area (Å²) in [6.07, 6.45) is 2.83. The van der Waals surface area contributed by atoms with E-state index < -0.39 is 0 Å². The molecule has 2 N–H and O–H groups in total. The Morgan fingerprint density at radius 3 is 2.96 bits per heavy atom. The Morgan fingerprint density at radius 2 is 2.22 bits per heavy atom. The lowest BCUT2D eigenvalue weighted by atomic mass is 10.3. The second-order valence-corrected chi connectivity index (χ2v) is 6.02. The van der Waals surface area contributed by atoms with Gasteiger partial charge in [0, 0.05) is 17.7 Å². The highest BCUT2D eigenvalue weighted by atomic mass is 32.1. The molecule has 0 aliphatic heterocycles. The largest absolute Gasteiger partial charge is 0.497 e. The maximum absolute atomic E-state index is 5.74. The van der Waals surface area contributed by atoms with Crippen LogP contribution in [0.3, 0.4) is 0 Å². The number of anilines is 1. The van der Waals surface area contributed by atoms with Gasteiger partial charge in [0.2, 0.25) is 0 Å². The molecule has 0 bridgehead atoms. The monoisotopic (exact) mass is 329 g/mol. The van der Waals surface area contributed by atoms with Crippen molar-refractivity contribution in [3.63, 3.8) is 0 Å². The number of hydrogen-bond acceptors (Lipinski definition) is 4. The van der Waals surface area contributed by atoms with Gasteiger partial charge in [0.05, 0.1) is 13.3 Å². The van der Waals surface area contributed by atoms with E-state index in [0.717, 1.165) is 28.9 Å². The first-order valence-electron chi connectivity index (χ1n) is 7.49. The van der Waals surface area contributed by atoms with Gasteiger partial charge in [-0.05, 0) is 48.8 Å². The summed E-state index contributed by atoms with van der Waals surface area (Å²) in [5.41, 5.74) is 3.60. The lowest BCUT2D eigenvalue weighted by Crippen LogP contribution is -2.23. The maximum atomic E-state index is 5.74. The molecule has 1 fully saturated rings. The molecule has 0 radical (unpaired) electrons. The van der Waals surface area contributed by atoms with Crippen LogP contribution < -0.4 is 15.5 Å². The molecule has 23 heavy (non-hydrogen) atoms. The van der Waals surface area contributed by atoms with E-state index in [-0.39, 0.29) is 0 Å². The van der Waals surface area contributed by atoms with Crippen LogP contribution in [0, 0.1) is 5.92 Å². The van der Waals surface area contributed by atoms with Gasteiger partial charge >= 0.3 is 0 Å². The van der Waals surface area contributed by atoms with E-state index in [1.807, 2.05) is 36.4 Å². The highest BCUT2D eigenvalue weighted by Crippen LogP contribution is 2.47. The van der Waals surface area contributed by atoms with Crippen molar-refractivity contribution in [2.45, 2.75) is 19.3 Å². The number of methoxy groups -OCH3 is 1. The molecular weight excluding hydrogens is 310 g/mol. The normalized spacial score (nSPS) is 19.6. The van der Waals surface area contributed by atoms with Gasteiger partial charge in [0.25, 0.3) is 0 Å². The first-order chi connectivity index (χ1) is 11.2. The summed E-state index contributed by atoms with van der Waals surface area (Å²) in [6, 6.07) is 11.4. The summed E-state index contributed by atoms with van der Waals surface area (Å²) in [5.74, 6) is 3.81. The quantitative estimate of drug-likeness (QED) is 0.497. The standard InChI is InChI=1S/C17H19N3O2S/c1-11-8-15(11)16-7-6-14(22-16)10-18-20-17(23)19-12-4-3-5-13(9-12)21-2/h3-7,9-11,15H,8H2,1-2H3,(H2,19,20,23)/b18-10-/t11-,15-/m1/s1. The molecule has 0 unspecified atom stereocenters. The molecule has 0 saturated heterocycles. The molecule has 1 heterocycles. The Morgan fingerprint density at radius 1 is 1.39 bits per heavy atom. The Labute approximate surface area is 140 Å². The maximum Gasteiger partial charge on any atom is 0.191 e. The second-order valence-electron chi connectivity index (χ2n) is 5.62. The number of thiocarbonyl (C=S) groups is 1. The summed E-state index contributed by atoms with van der Waals surface area (Å²) in [6.45, 7) is 2.23. The number of rotatable bonds is 5. The zero-order chi connectivity index (χ0) is 16.2. The Bertz CT molecular complexity index is 726. The number of nitrogens with zero attached hydrogens (tertiary/aromatic N) is 1. The number of hydrogen-bond donors (Lipinski definition) is 2. The number of benzene rings is 1. The van der Waals surface area contributed by atoms with Crippen molar-refractivity contribution >= 4 is 29.2 Å². The highest BCUT2D eigenvalue weighted by molar-refractivity contribution is 7.80. The third kappa shape index (κ3) is 4.10. The van der Waals surface area contributed by atoms with Crippen molar-refractivity contribution in [2.75, 3.05) is 12.4 Å². The lowest BCUT2D eigenvalue weighted by Gasteiger charge is -2.08. The number of hydrazone groups is 1. The van der Waals surface area contributed by atoms with Crippen LogP contribution in [0.15, 0.2) is 45.9 Å². The van der Waals surface area contributed by atoms with E-state index in [1.165, 1.54) is 6.42 Å². The van der Waals surface area contributed by atoms with Crippen molar-refractivity contribution in [3.8, 4) is 5.75 Å². The van der Waals surface area contributed by atoms with Crippen LogP contribution in [0.5, 0.6) is 5.75 Å². The van der Waals surface area contributed by atoms with Crippen LogP contribution in [0.2, 0.25) is 0 Å². The number of ether oxygens (including phenoxy) is 1. The molecular formula is C17H19N3O2S. The van der Waals surface area contributed by atoms with E-state index in [4.69, 9.17) is 21.4 Å². The first kappa shape index (κ1) is 15.6. The number of furan rings is 1. The van der Waals surface area contributed by atoms with E-state index in [2.05, 4.69) is 22.8 Å². The SMILES string of the molecule is COc1cccc(NC(=S)N/N=C\c2ccc([C@@H]3C[C@H]3C)o2)c1. The molecule has 0 amide bonds. The van der Waals surface area contributed by atoms with Crippen LogP contribution >= 0.6 is 12.2 Å². The fourth-order valence-electron chi connectivity index (χ4n) is 2.37. The van der Waals surface area contributed by atoms with Gasteiger partial charge < -0.3 is 14.5 Å². The first-order valence-corrected chi connectivity index (χ1v) is 7.90. The fraction of sp³-hybridized carbons (Fsp3) is 0.294. The summed E-state index contributed by atoms with van der Waals surface area (Å²) in [7, 11) is 1.62.